The minimum absolute atomic E-state index is 0.361. The fraction of sp³-hybridized carbons (Fsp3) is 0.136. The van der Waals surface area contributed by atoms with Crippen LogP contribution < -0.4 is 4.74 Å². The van der Waals surface area contributed by atoms with Crippen molar-refractivity contribution in [2.45, 2.75) is 24.1 Å². The Morgan fingerprint density at radius 2 is 1.79 bits per heavy atom. The van der Waals surface area contributed by atoms with E-state index >= 15 is 0 Å². The van der Waals surface area contributed by atoms with Crippen molar-refractivity contribution in [3.8, 4) is 16.3 Å². The van der Waals surface area contributed by atoms with Gasteiger partial charge in [-0.2, -0.15) is 0 Å². The lowest BCUT2D eigenvalue weighted by molar-refractivity contribution is 0.289. The van der Waals surface area contributed by atoms with Gasteiger partial charge in [0.05, 0.1) is 5.69 Å². The van der Waals surface area contributed by atoms with E-state index in [1.807, 2.05) is 59.2 Å². The molecular weight excluding hydrogens is 400 g/mol. The minimum atomic E-state index is 0.361. The van der Waals surface area contributed by atoms with Gasteiger partial charge in [0.25, 0.3) is 0 Å². The van der Waals surface area contributed by atoms with Gasteiger partial charge < -0.3 is 4.74 Å². The lowest BCUT2D eigenvalue weighted by atomic mass is 10.2. The van der Waals surface area contributed by atoms with Gasteiger partial charge in [-0.25, -0.2) is 4.98 Å². The predicted molar refractivity (Wildman–Crippen MR) is 118 cm³/mol. The van der Waals surface area contributed by atoms with Gasteiger partial charge in [-0.1, -0.05) is 66.4 Å². The second kappa shape index (κ2) is 9.54. The fourth-order valence-corrected chi connectivity index (χ4v) is 4.53. The van der Waals surface area contributed by atoms with Gasteiger partial charge in [0.15, 0.2) is 11.0 Å². The van der Waals surface area contributed by atoms with E-state index in [9.17, 15) is 0 Å². The number of ether oxygens (including phenoxy) is 1. The van der Waals surface area contributed by atoms with Crippen molar-refractivity contribution in [2.24, 2.45) is 0 Å². The Bertz CT molecular complexity index is 1060. The first-order chi connectivity index (χ1) is 14.3. The number of aromatic nitrogens is 4. The van der Waals surface area contributed by atoms with E-state index in [-0.39, 0.29) is 0 Å². The van der Waals surface area contributed by atoms with Crippen molar-refractivity contribution in [1.82, 2.24) is 19.7 Å². The molecule has 4 rings (SSSR count). The molecule has 5 nitrogen and oxygen atoms in total. The molecule has 0 aliphatic carbocycles. The molecule has 0 fully saturated rings. The van der Waals surface area contributed by atoms with Gasteiger partial charge in [-0.05, 0) is 12.1 Å². The lowest BCUT2D eigenvalue weighted by Crippen LogP contribution is -2.07. The molecule has 2 aromatic carbocycles. The van der Waals surface area contributed by atoms with Crippen molar-refractivity contribution in [2.75, 3.05) is 0 Å². The van der Waals surface area contributed by atoms with Gasteiger partial charge in [0.1, 0.15) is 17.4 Å². The molecule has 0 bridgehead atoms. The largest absolute Gasteiger partial charge is 0.486 e. The number of hydrogen-bond donors (Lipinski definition) is 0. The zero-order chi connectivity index (χ0) is 19.9. The maximum absolute atomic E-state index is 5.83. The summed E-state index contributed by atoms with van der Waals surface area (Å²) in [4.78, 5) is 4.75. The van der Waals surface area contributed by atoms with Crippen LogP contribution in [0.4, 0.5) is 0 Å². The first kappa shape index (κ1) is 19.4. The zero-order valence-electron chi connectivity index (χ0n) is 15.8. The highest BCUT2D eigenvalue weighted by Gasteiger charge is 2.13. The van der Waals surface area contributed by atoms with Crippen molar-refractivity contribution < 1.29 is 4.74 Å². The van der Waals surface area contributed by atoms with E-state index < -0.39 is 0 Å². The van der Waals surface area contributed by atoms with Crippen molar-refractivity contribution in [3.63, 3.8) is 0 Å². The molecule has 0 N–H and O–H groups in total. The summed E-state index contributed by atoms with van der Waals surface area (Å²) in [6, 6.07) is 19.9. The molecule has 0 saturated carbocycles. The van der Waals surface area contributed by atoms with Gasteiger partial charge in [0, 0.05) is 23.2 Å². The Balaban J connectivity index is 1.43. The number of nitrogens with zero attached hydrogens (tertiary/aromatic N) is 4. The molecule has 0 radical (unpaired) electrons. The summed E-state index contributed by atoms with van der Waals surface area (Å²) in [6.07, 6.45) is 1.84. The summed E-state index contributed by atoms with van der Waals surface area (Å²) in [5, 5.41) is 12.6. The van der Waals surface area contributed by atoms with Crippen LogP contribution in [0.2, 0.25) is 0 Å². The highest BCUT2D eigenvalue weighted by molar-refractivity contribution is 7.98. The maximum atomic E-state index is 5.83. The quantitative estimate of drug-likeness (QED) is 0.266. The molecular formula is C22H20N4OS2. The molecule has 2 heterocycles. The summed E-state index contributed by atoms with van der Waals surface area (Å²) in [7, 11) is 0. The number of hydrogen-bond acceptors (Lipinski definition) is 6. The fourth-order valence-electron chi connectivity index (χ4n) is 2.73. The molecule has 146 valence electrons. The summed E-state index contributed by atoms with van der Waals surface area (Å²) in [5.41, 5.74) is 2.18. The van der Waals surface area contributed by atoms with E-state index in [0.717, 1.165) is 38.7 Å². The summed E-state index contributed by atoms with van der Waals surface area (Å²) in [6.45, 7) is 4.85. The van der Waals surface area contributed by atoms with Crippen LogP contribution >= 0.6 is 23.1 Å². The second-order valence-electron chi connectivity index (χ2n) is 6.20. The normalized spacial score (nSPS) is 10.8. The van der Waals surface area contributed by atoms with E-state index in [0.29, 0.717) is 13.2 Å². The number of thioether (sulfide) groups is 1. The number of para-hydroxylation sites is 1. The standard InChI is InChI=1S/C22H20N4OS2/c1-2-13-26-20(14-27-19-11-7-4-8-12-19)24-25-22(26)29-16-18-15-28-21(23-18)17-9-5-3-6-10-17/h2-12,15H,1,13-14,16H2. The molecule has 0 amide bonds. The molecule has 2 aromatic heterocycles. The van der Waals surface area contributed by atoms with Crippen LogP contribution in [-0.2, 0) is 18.9 Å². The predicted octanol–water partition coefficient (Wildman–Crippen LogP) is 5.46. The third kappa shape index (κ3) is 4.93. The summed E-state index contributed by atoms with van der Waals surface area (Å²) >= 11 is 3.28. The first-order valence-electron chi connectivity index (χ1n) is 9.17. The SMILES string of the molecule is C=CCn1c(COc2ccccc2)nnc1SCc1csc(-c2ccccc2)n1. The van der Waals surface area contributed by atoms with E-state index in [4.69, 9.17) is 9.72 Å². The average molecular weight is 421 g/mol. The van der Waals surface area contributed by atoms with Crippen LogP contribution in [0.5, 0.6) is 5.75 Å². The molecule has 0 spiro atoms. The van der Waals surface area contributed by atoms with Gasteiger partial charge in [-0.3, -0.25) is 4.57 Å². The van der Waals surface area contributed by atoms with Crippen molar-refractivity contribution >= 4 is 23.1 Å². The van der Waals surface area contributed by atoms with Crippen LogP contribution in [-0.4, -0.2) is 19.7 Å². The third-order valence-electron chi connectivity index (χ3n) is 4.14. The topological polar surface area (TPSA) is 52.8 Å². The van der Waals surface area contributed by atoms with Crippen LogP contribution in [0.15, 0.2) is 83.9 Å². The van der Waals surface area contributed by atoms with Gasteiger partial charge in [-0.15, -0.1) is 28.1 Å². The molecule has 0 saturated heterocycles. The highest BCUT2D eigenvalue weighted by Crippen LogP contribution is 2.27. The molecule has 0 atom stereocenters. The van der Waals surface area contributed by atoms with Crippen LogP contribution in [0.3, 0.4) is 0 Å². The summed E-state index contributed by atoms with van der Waals surface area (Å²) < 4.78 is 7.86. The maximum Gasteiger partial charge on any atom is 0.191 e. The van der Waals surface area contributed by atoms with Crippen molar-refractivity contribution in [3.05, 3.63) is 90.2 Å². The molecule has 0 aliphatic heterocycles. The van der Waals surface area contributed by atoms with Gasteiger partial charge in [0.2, 0.25) is 0 Å². The average Bonchev–Trinajstić information content (AvgIpc) is 3.40. The van der Waals surface area contributed by atoms with Gasteiger partial charge >= 0.3 is 0 Å². The minimum Gasteiger partial charge on any atom is -0.486 e. The lowest BCUT2D eigenvalue weighted by Gasteiger charge is -2.08. The Hall–Kier alpha value is -2.90. The molecule has 0 aliphatic rings. The summed E-state index contributed by atoms with van der Waals surface area (Å²) in [5.74, 6) is 2.32. The van der Waals surface area contributed by atoms with Crippen LogP contribution in [0.25, 0.3) is 10.6 Å². The Labute approximate surface area is 178 Å². The number of rotatable bonds is 9. The van der Waals surface area contributed by atoms with E-state index in [1.165, 1.54) is 0 Å². The van der Waals surface area contributed by atoms with Crippen LogP contribution in [0, 0.1) is 0 Å². The number of benzene rings is 2. The van der Waals surface area contributed by atoms with E-state index in [2.05, 4.69) is 34.3 Å². The van der Waals surface area contributed by atoms with Crippen LogP contribution in [0.1, 0.15) is 11.5 Å². The second-order valence-corrected chi connectivity index (χ2v) is 8.00. The number of thiazole rings is 1. The number of allylic oxidation sites excluding steroid dienone is 1. The van der Waals surface area contributed by atoms with Crippen molar-refractivity contribution in [1.29, 1.82) is 0 Å². The Kier molecular flexibility index (Phi) is 6.38. The monoisotopic (exact) mass is 420 g/mol. The molecule has 0 unspecified atom stereocenters. The van der Waals surface area contributed by atoms with E-state index in [1.54, 1.807) is 23.1 Å². The Morgan fingerprint density at radius 3 is 2.55 bits per heavy atom. The molecule has 29 heavy (non-hydrogen) atoms. The smallest absolute Gasteiger partial charge is 0.191 e. The zero-order valence-corrected chi connectivity index (χ0v) is 17.4. The Morgan fingerprint density at radius 1 is 1.03 bits per heavy atom. The third-order valence-corrected chi connectivity index (χ3v) is 6.08. The highest BCUT2D eigenvalue weighted by atomic mass is 32.2. The molecule has 7 heteroatoms. The molecule has 4 aromatic rings. The first-order valence-corrected chi connectivity index (χ1v) is 11.0.